The Bertz CT molecular complexity index is 858. The fraction of sp³-hybridized carbons (Fsp3) is 0.522. The predicted octanol–water partition coefficient (Wildman–Crippen LogP) is 2.65. The van der Waals surface area contributed by atoms with Gasteiger partial charge in [-0.1, -0.05) is 24.3 Å². The molecule has 5 rings (SSSR count). The van der Waals surface area contributed by atoms with Crippen molar-refractivity contribution in [1.29, 1.82) is 0 Å². The van der Waals surface area contributed by atoms with Crippen molar-refractivity contribution in [2.75, 3.05) is 32.8 Å². The van der Waals surface area contributed by atoms with Gasteiger partial charge in [0.15, 0.2) is 0 Å². The van der Waals surface area contributed by atoms with Crippen LogP contribution in [0.3, 0.4) is 0 Å². The lowest BCUT2D eigenvalue weighted by Gasteiger charge is -2.50. The van der Waals surface area contributed by atoms with Crippen molar-refractivity contribution < 1.29 is 9.53 Å². The first-order chi connectivity index (χ1) is 14.3. The van der Waals surface area contributed by atoms with Crippen molar-refractivity contribution >= 4 is 5.91 Å². The highest BCUT2D eigenvalue weighted by molar-refractivity contribution is 5.92. The van der Waals surface area contributed by atoms with Gasteiger partial charge in [0.05, 0.1) is 6.20 Å². The topological polar surface area (TPSA) is 58.6 Å². The number of amides is 1. The van der Waals surface area contributed by atoms with Gasteiger partial charge in [-0.25, -0.2) is 4.98 Å². The molecular formula is C23H28N4O2. The summed E-state index contributed by atoms with van der Waals surface area (Å²) < 4.78 is 5.55. The van der Waals surface area contributed by atoms with Gasteiger partial charge in [-0.2, -0.15) is 0 Å². The maximum Gasteiger partial charge on any atom is 0.274 e. The molecule has 0 saturated carbocycles. The smallest absolute Gasteiger partial charge is 0.274 e. The minimum absolute atomic E-state index is 0.0150. The van der Waals surface area contributed by atoms with Crippen LogP contribution in [0.2, 0.25) is 0 Å². The largest absolute Gasteiger partial charge is 0.381 e. The summed E-state index contributed by atoms with van der Waals surface area (Å²) in [5.41, 5.74) is 3.18. The molecule has 0 aliphatic carbocycles. The predicted molar refractivity (Wildman–Crippen MR) is 110 cm³/mol. The van der Waals surface area contributed by atoms with Crippen LogP contribution in [-0.2, 0) is 16.7 Å². The van der Waals surface area contributed by atoms with Crippen molar-refractivity contribution in [1.82, 2.24) is 19.8 Å². The zero-order chi connectivity index (χ0) is 19.7. The second-order valence-electron chi connectivity index (χ2n) is 8.57. The molecule has 1 aromatic carbocycles. The van der Waals surface area contributed by atoms with Gasteiger partial charge in [0, 0.05) is 50.2 Å². The molecule has 29 heavy (non-hydrogen) atoms. The van der Waals surface area contributed by atoms with E-state index in [9.17, 15) is 4.79 Å². The number of piperidine rings is 1. The molecule has 152 valence electrons. The Morgan fingerprint density at radius 2 is 1.90 bits per heavy atom. The van der Waals surface area contributed by atoms with E-state index in [4.69, 9.17) is 4.74 Å². The number of aromatic nitrogens is 2. The van der Waals surface area contributed by atoms with Crippen LogP contribution in [0.1, 0.15) is 47.3 Å². The zero-order valence-corrected chi connectivity index (χ0v) is 16.8. The van der Waals surface area contributed by atoms with Crippen LogP contribution in [0.15, 0.2) is 42.9 Å². The van der Waals surface area contributed by atoms with E-state index >= 15 is 0 Å². The highest BCUT2D eigenvalue weighted by Gasteiger charge is 2.44. The van der Waals surface area contributed by atoms with Gasteiger partial charge in [-0.3, -0.25) is 9.78 Å². The average Bonchev–Trinajstić information content (AvgIpc) is 2.80. The van der Waals surface area contributed by atoms with Gasteiger partial charge in [-0.05, 0) is 49.9 Å². The first-order valence-corrected chi connectivity index (χ1v) is 10.7. The Balaban J connectivity index is 1.39. The Labute approximate surface area is 171 Å². The Hall–Kier alpha value is -2.31. The van der Waals surface area contributed by atoms with Crippen molar-refractivity contribution in [3.8, 4) is 0 Å². The fourth-order valence-electron chi connectivity index (χ4n) is 5.40. The molecule has 1 spiro atoms. The molecule has 0 unspecified atom stereocenters. The molecule has 0 bridgehead atoms. The molecule has 2 fully saturated rings. The Morgan fingerprint density at radius 3 is 2.66 bits per heavy atom. The van der Waals surface area contributed by atoms with Crippen LogP contribution >= 0.6 is 0 Å². The molecule has 0 radical (unpaired) electrons. The van der Waals surface area contributed by atoms with E-state index in [1.165, 1.54) is 11.1 Å². The molecule has 3 aliphatic rings. The van der Waals surface area contributed by atoms with Gasteiger partial charge >= 0.3 is 0 Å². The summed E-state index contributed by atoms with van der Waals surface area (Å²) in [6.45, 7) is 5.36. The number of carbonyl (C=O) groups is 1. The zero-order valence-electron chi connectivity index (χ0n) is 16.8. The van der Waals surface area contributed by atoms with Gasteiger partial charge < -0.3 is 14.5 Å². The lowest BCUT2D eigenvalue weighted by atomic mass is 9.68. The first-order valence-electron chi connectivity index (χ1n) is 10.7. The minimum Gasteiger partial charge on any atom is -0.381 e. The SMILES string of the molecule is O=C(c1cnccn1)N1Cc2ccccc2C2(CCN(C3CCOCC3)CC2)C1. The van der Waals surface area contributed by atoms with Gasteiger partial charge in [0.25, 0.3) is 5.91 Å². The van der Waals surface area contributed by atoms with Gasteiger partial charge in [0.2, 0.25) is 0 Å². The Morgan fingerprint density at radius 1 is 1.10 bits per heavy atom. The molecule has 6 nitrogen and oxygen atoms in total. The first kappa shape index (κ1) is 18.7. The summed E-state index contributed by atoms with van der Waals surface area (Å²) in [6, 6.07) is 9.34. The second-order valence-corrected chi connectivity index (χ2v) is 8.57. The highest BCUT2D eigenvalue weighted by atomic mass is 16.5. The number of hydrogen-bond acceptors (Lipinski definition) is 5. The number of rotatable bonds is 2. The number of carbonyl (C=O) groups excluding carboxylic acids is 1. The van der Waals surface area contributed by atoms with Crippen molar-refractivity contribution in [2.45, 2.75) is 43.7 Å². The number of nitrogens with zero attached hydrogens (tertiary/aromatic N) is 4. The maximum absolute atomic E-state index is 13.1. The number of fused-ring (bicyclic) bond motifs is 2. The van der Waals surface area contributed by atoms with E-state index < -0.39 is 0 Å². The molecule has 0 atom stereocenters. The van der Waals surface area contributed by atoms with E-state index in [0.717, 1.165) is 58.5 Å². The average molecular weight is 393 g/mol. The van der Waals surface area contributed by atoms with E-state index in [1.54, 1.807) is 18.6 Å². The van der Waals surface area contributed by atoms with E-state index in [1.807, 2.05) is 4.90 Å². The second kappa shape index (κ2) is 7.84. The van der Waals surface area contributed by atoms with E-state index in [-0.39, 0.29) is 11.3 Å². The van der Waals surface area contributed by atoms with Crippen LogP contribution in [-0.4, -0.2) is 64.6 Å². The number of benzene rings is 1. The van der Waals surface area contributed by atoms with Crippen LogP contribution < -0.4 is 0 Å². The van der Waals surface area contributed by atoms with Crippen LogP contribution in [0.4, 0.5) is 0 Å². The van der Waals surface area contributed by atoms with Gasteiger partial charge in [-0.15, -0.1) is 0 Å². The summed E-state index contributed by atoms with van der Waals surface area (Å²) in [7, 11) is 0. The van der Waals surface area contributed by atoms with Crippen molar-refractivity contribution in [3.05, 3.63) is 59.7 Å². The molecule has 2 saturated heterocycles. The number of ether oxygens (including phenoxy) is 1. The summed E-state index contributed by atoms with van der Waals surface area (Å²) >= 11 is 0. The molecule has 4 heterocycles. The molecule has 2 aromatic rings. The van der Waals surface area contributed by atoms with Crippen LogP contribution in [0.5, 0.6) is 0 Å². The summed E-state index contributed by atoms with van der Waals surface area (Å²) in [4.78, 5) is 26.1. The highest BCUT2D eigenvalue weighted by Crippen LogP contribution is 2.42. The fourth-order valence-corrected chi connectivity index (χ4v) is 5.40. The minimum atomic E-state index is -0.0150. The molecule has 0 N–H and O–H groups in total. The normalized spacial score (nSPS) is 22.4. The summed E-state index contributed by atoms with van der Waals surface area (Å²) in [5, 5.41) is 0. The lowest BCUT2D eigenvalue weighted by Crippen LogP contribution is -2.55. The quantitative estimate of drug-likeness (QED) is 0.786. The molecule has 1 amide bonds. The van der Waals surface area contributed by atoms with E-state index in [2.05, 4.69) is 39.1 Å². The third-order valence-corrected chi connectivity index (χ3v) is 6.98. The lowest BCUT2D eigenvalue weighted by molar-refractivity contribution is 0.0101. The molecular weight excluding hydrogens is 364 g/mol. The molecule has 1 aromatic heterocycles. The number of hydrogen-bond donors (Lipinski definition) is 0. The van der Waals surface area contributed by atoms with Crippen LogP contribution in [0.25, 0.3) is 0 Å². The maximum atomic E-state index is 13.1. The summed E-state index contributed by atoms with van der Waals surface area (Å²) in [6.07, 6.45) is 9.23. The third-order valence-electron chi connectivity index (χ3n) is 6.98. The third kappa shape index (κ3) is 3.55. The monoisotopic (exact) mass is 392 g/mol. The van der Waals surface area contributed by atoms with Crippen molar-refractivity contribution in [2.24, 2.45) is 0 Å². The number of likely N-dealkylation sites (tertiary alicyclic amines) is 1. The van der Waals surface area contributed by atoms with Gasteiger partial charge in [0.1, 0.15) is 5.69 Å². The molecule has 3 aliphatic heterocycles. The molecule has 6 heteroatoms. The Kier molecular flexibility index (Phi) is 5.06. The van der Waals surface area contributed by atoms with Crippen molar-refractivity contribution in [3.63, 3.8) is 0 Å². The summed E-state index contributed by atoms with van der Waals surface area (Å²) in [5.74, 6) is -0.0150. The standard InChI is InChI=1S/C23H28N4O2/c28-22(21-15-24-9-10-25-21)27-16-18-3-1-2-4-20(18)23(17-27)7-11-26(12-8-23)19-5-13-29-14-6-19/h1-4,9-10,15,19H,5-8,11-14,16-17H2. The van der Waals surface area contributed by atoms with E-state index in [0.29, 0.717) is 18.3 Å². The van der Waals surface area contributed by atoms with Crippen LogP contribution in [0, 0.1) is 0 Å².